The summed E-state index contributed by atoms with van der Waals surface area (Å²) in [6.45, 7) is 2.72. The molecule has 5 atom stereocenters. The normalized spacial score (nSPS) is 36.9. The molecule has 1 aliphatic heterocycles. The highest BCUT2D eigenvalue weighted by Crippen LogP contribution is 2.52. The minimum Gasteiger partial charge on any atom is -0.462 e. The maximum Gasteiger partial charge on any atom is 0.309 e. The van der Waals surface area contributed by atoms with E-state index in [4.69, 9.17) is 9.47 Å². The molecule has 4 fully saturated rings. The number of halogens is 2. The van der Waals surface area contributed by atoms with Gasteiger partial charge in [0.2, 0.25) is 0 Å². The molecule has 5 heteroatoms. The molecule has 5 unspecified atom stereocenters. The van der Waals surface area contributed by atoms with Crippen molar-refractivity contribution in [3.8, 4) is 0 Å². The molecule has 5 rings (SSSR count). The van der Waals surface area contributed by atoms with Crippen molar-refractivity contribution < 1.29 is 23.0 Å². The van der Waals surface area contributed by atoms with Crippen molar-refractivity contribution in [1.82, 2.24) is 0 Å². The van der Waals surface area contributed by atoms with Gasteiger partial charge in [-0.05, 0) is 80.6 Å². The Labute approximate surface area is 183 Å². The Morgan fingerprint density at radius 3 is 2.35 bits per heavy atom. The van der Waals surface area contributed by atoms with Gasteiger partial charge in [0.25, 0.3) is 0 Å². The number of epoxide rings is 1. The molecular weight excluding hydrogens is 398 g/mol. The minimum absolute atomic E-state index is 0.000824. The van der Waals surface area contributed by atoms with Gasteiger partial charge in [-0.1, -0.05) is 31.9 Å². The van der Waals surface area contributed by atoms with E-state index >= 15 is 0 Å². The lowest BCUT2D eigenvalue weighted by atomic mass is 9.82. The van der Waals surface area contributed by atoms with Crippen LogP contribution in [-0.2, 0) is 14.3 Å². The molecule has 0 radical (unpaired) electrons. The number of carbonyl (C=O) groups excluding carboxylic acids is 1. The summed E-state index contributed by atoms with van der Waals surface area (Å²) in [6.07, 6.45) is 9.65. The van der Waals surface area contributed by atoms with Gasteiger partial charge >= 0.3 is 5.97 Å². The van der Waals surface area contributed by atoms with Crippen molar-refractivity contribution >= 4 is 5.97 Å². The van der Waals surface area contributed by atoms with Crippen LogP contribution in [0.4, 0.5) is 8.78 Å². The molecule has 1 aromatic rings. The zero-order valence-electron chi connectivity index (χ0n) is 18.5. The summed E-state index contributed by atoms with van der Waals surface area (Å²) >= 11 is 0. The van der Waals surface area contributed by atoms with Crippen LogP contribution in [0, 0.1) is 35.3 Å². The summed E-state index contributed by atoms with van der Waals surface area (Å²) in [4.78, 5) is 12.9. The molecule has 3 saturated carbocycles. The zero-order valence-corrected chi connectivity index (χ0v) is 18.5. The number of ether oxygens (including phenoxy) is 2. The van der Waals surface area contributed by atoms with E-state index in [1.807, 2.05) is 0 Å². The summed E-state index contributed by atoms with van der Waals surface area (Å²) in [7, 11) is 0. The Hall–Kier alpha value is -1.49. The van der Waals surface area contributed by atoms with Crippen LogP contribution >= 0.6 is 0 Å². The molecule has 3 nitrogen and oxygen atoms in total. The molecule has 1 heterocycles. The fourth-order valence-corrected chi connectivity index (χ4v) is 6.86. The van der Waals surface area contributed by atoms with Crippen LogP contribution in [0.1, 0.15) is 94.3 Å². The van der Waals surface area contributed by atoms with Crippen molar-refractivity contribution in [1.29, 1.82) is 0 Å². The second-order valence-corrected chi connectivity index (χ2v) is 10.2. The SMILES string of the molecule is CCCC1CCC2C(C(=O)OC3CCC(c4ccc(C5CO5)c(F)c4F)CC3)CCC12. The van der Waals surface area contributed by atoms with Crippen molar-refractivity contribution in [2.24, 2.45) is 23.7 Å². The molecule has 1 aromatic carbocycles. The molecule has 4 aliphatic rings. The Bertz CT molecular complexity index is 813. The first-order chi connectivity index (χ1) is 15.1. The molecule has 0 amide bonds. The van der Waals surface area contributed by atoms with Gasteiger partial charge in [-0.15, -0.1) is 0 Å². The van der Waals surface area contributed by atoms with E-state index in [0.29, 0.717) is 23.7 Å². The van der Waals surface area contributed by atoms with Gasteiger partial charge in [0.15, 0.2) is 11.6 Å². The molecule has 0 bridgehead atoms. The third-order valence-electron chi connectivity index (χ3n) is 8.54. The monoisotopic (exact) mass is 432 g/mol. The van der Waals surface area contributed by atoms with Crippen LogP contribution in [-0.4, -0.2) is 18.7 Å². The lowest BCUT2D eigenvalue weighted by Crippen LogP contribution is -2.29. The quantitative estimate of drug-likeness (QED) is 0.383. The first-order valence-corrected chi connectivity index (χ1v) is 12.4. The van der Waals surface area contributed by atoms with Gasteiger partial charge in [-0.25, -0.2) is 8.78 Å². The fourth-order valence-electron chi connectivity index (χ4n) is 6.86. The second kappa shape index (κ2) is 8.80. The van der Waals surface area contributed by atoms with E-state index in [9.17, 15) is 13.6 Å². The molecule has 0 spiro atoms. The molecule has 0 N–H and O–H groups in total. The number of esters is 1. The van der Waals surface area contributed by atoms with E-state index < -0.39 is 11.6 Å². The predicted molar refractivity (Wildman–Crippen MR) is 113 cm³/mol. The third kappa shape index (κ3) is 4.15. The van der Waals surface area contributed by atoms with Gasteiger partial charge < -0.3 is 9.47 Å². The molecule has 170 valence electrons. The number of hydrogen-bond acceptors (Lipinski definition) is 3. The highest BCUT2D eigenvalue weighted by molar-refractivity contribution is 5.73. The first kappa shape index (κ1) is 21.4. The fraction of sp³-hybridized carbons (Fsp3) is 0.731. The topological polar surface area (TPSA) is 38.8 Å². The number of hydrogen-bond donors (Lipinski definition) is 0. The number of benzene rings is 1. The largest absolute Gasteiger partial charge is 0.462 e. The summed E-state index contributed by atoms with van der Waals surface area (Å²) < 4.78 is 40.1. The van der Waals surface area contributed by atoms with Crippen molar-refractivity contribution in [3.05, 3.63) is 34.9 Å². The average molecular weight is 433 g/mol. The van der Waals surface area contributed by atoms with Crippen LogP contribution in [0.5, 0.6) is 0 Å². The predicted octanol–water partition coefficient (Wildman–Crippen LogP) is 6.46. The lowest BCUT2D eigenvalue weighted by Gasteiger charge is -2.30. The molecule has 0 aromatic heterocycles. The number of carbonyl (C=O) groups is 1. The average Bonchev–Trinajstić information content (AvgIpc) is 3.40. The lowest BCUT2D eigenvalue weighted by molar-refractivity contribution is -0.157. The van der Waals surface area contributed by atoms with E-state index in [0.717, 1.165) is 43.9 Å². The molecular formula is C26H34F2O3. The highest BCUT2D eigenvalue weighted by Gasteiger charge is 2.48. The summed E-state index contributed by atoms with van der Waals surface area (Å²) in [5.41, 5.74) is 0.782. The van der Waals surface area contributed by atoms with E-state index in [2.05, 4.69) is 6.92 Å². The number of fused-ring (bicyclic) bond motifs is 1. The summed E-state index contributed by atoms with van der Waals surface area (Å²) in [5, 5.41) is 0. The maximum atomic E-state index is 14.6. The number of rotatable bonds is 6. The standard InChI is InChI=1S/C26H34F2O3/c1-2-3-15-6-9-20-18(15)10-12-21(20)26(29)31-17-7-4-16(5-8-17)19-11-13-22(23-14-30-23)25(28)24(19)27/h11,13,15-18,20-21,23H,2-10,12,14H2,1H3. The zero-order chi connectivity index (χ0) is 21.5. The Morgan fingerprint density at radius 2 is 1.65 bits per heavy atom. The summed E-state index contributed by atoms with van der Waals surface area (Å²) in [5.74, 6) is 0.611. The van der Waals surface area contributed by atoms with Gasteiger partial charge in [0, 0.05) is 5.56 Å². The van der Waals surface area contributed by atoms with Gasteiger partial charge in [-0.2, -0.15) is 0 Å². The minimum atomic E-state index is -0.762. The van der Waals surface area contributed by atoms with Crippen molar-refractivity contribution in [2.75, 3.05) is 6.61 Å². The van der Waals surface area contributed by atoms with Crippen molar-refractivity contribution in [2.45, 2.75) is 89.3 Å². The van der Waals surface area contributed by atoms with Crippen LogP contribution < -0.4 is 0 Å². The van der Waals surface area contributed by atoms with Crippen LogP contribution in [0.15, 0.2) is 12.1 Å². The van der Waals surface area contributed by atoms with Crippen LogP contribution in [0.25, 0.3) is 0 Å². The molecule has 1 saturated heterocycles. The van der Waals surface area contributed by atoms with Gasteiger partial charge in [0.1, 0.15) is 12.2 Å². The smallest absolute Gasteiger partial charge is 0.309 e. The van der Waals surface area contributed by atoms with Crippen molar-refractivity contribution in [3.63, 3.8) is 0 Å². The Kier molecular flexibility index (Phi) is 6.07. The van der Waals surface area contributed by atoms with Crippen LogP contribution in [0.2, 0.25) is 0 Å². The van der Waals surface area contributed by atoms with Crippen LogP contribution in [0.3, 0.4) is 0 Å². The third-order valence-corrected chi connectivity index (χ3v) is 8.54. The Balaban J connectivity index is 1.15. The van der Waals surface area contributed by atoms with Gasteiger partial charge in [0.05, 0.1) is 12.5 Å². The molecule has 3 aliphatic carbocycles. The highest BCUT2D eigenvalue weighted by atomic mass is 19.2. The Morgan fingerprint density at radius 1 is 0.968 bits per heavy atom. The first-order valence-electron chi connectivity index (χ1n) is 12.4. The second-order valence-electron chi connectivity index (χ2n) is 10.2. The van der Waals surface area contributed by atoms with Gasteiger partial charge in [-0.3, -0.25) is 4.79 Å². The molecule has 31 heavy (non-hydrogen) atoms. The summed E-state index contributed by atoms with van der Waals surface area (Å²) in [6, 6.07) is 3.39. The van der Waals surface area contributed by atoms with E-state index in [1.165, 1.54) is 32.1 Å². The van der Waals surface area contributed by atoms with E-state index in [1.54, 1.807) is 12.1 Å². The maximum absolute atomic E-state index is 14.6. The van der Waals surface area contributed by atoms with E-state index in [-0.39, 0.29) is 30.0 Å².